The molecule has 1 aliphatic rings. The van der Waals surface area contributed by atoms with Crippen LogP contribution in [-0.2, 0) is 9.53 Å². The van der Waals surface area contributed by atoms with Crippen molar-refractivity contribution in [3.05, 3.63) is 35.5 Å². The maximum atomic E-state index is 12.2. The van der Waals surface area contributed by atoms with Crippen LogP contribution in [0.4, 0.5) is 18.9 Å². The number of H-pyrrole nitrogens is 1. The number of halogens is 3. The van der Waals surface area contributed by atoms with Gasteiger partial charge in [0.2, 0.25) is 5.69 Å². The molecule has 152 valence electrons. The van der Waals surface area contributed by atoms with Crippen LogP contribution in [0.5, 0.6) is 0 Å². The Morgan fingerprint density at radius 2 is 1.86 bits per heavy atom. The SMILES string of the molecule is N#Cc1ccc(N2CCC(Sc3n[nH]nc3C(=O)OC(=O)C(F)(F)F)CC2)cc1. The van der Waals surface area contributed by atoms with Crippen molar-refractivity contribution in [1.82, 2.24) is 15.4 Å². The van der Waals surface area contributed by atoms with Crippen molar-refractivity contribution in [2.45, 2.75) is 29.3 Å². The average Bonchev–Trinajstić information content (AvgIpc) is 3.16. The van der Waals surface area contributed by atoms with Crippen LogP contribution in [0.25, 0.3) is 0 Å². The van der Waals surface area contributed by atoms with E-state index >= 15 is 0 Å². The summed E-state index contributed by atoms with van der Waals surface area (Å²) in [5.41, 5.74) is 1.11. The first-order chi connectivity index (χ1) is 13.8. The lowest BCUT2D eigenvalue weighted by Gasteiger charge is -2.33. The zero-order valence-electron chi connectivity index (χ0n) is 14.8. The smallest absolute Gasteiger partial charge is 0.381 e. The minimum Gasteiger partial charge on any atom is -0.381 e. The fraction of sp³-hybridized carbons (Fsp3) is 0.353. The molecule has 2 aromatic rings. The third-order valence-corrected chi connectivity index (χ3v) is 5.52. The number of thioether (sulfide) groups is 1. The highest BCUT2D eigenvalue weighted by Gasteiger charge is 2.43. The van der Waals surface area contributed by atoms with Crippen LogP contribution in [0.1, 0.15) is 28.9 Å². The molecule has 0 unspecified atom stereocenters. The van der Waals surface area contributed by atoms with Gasteiger partial charge in [0.1, 0.15) is 0 Å². The van der Waals surface area contributed by atoms with E-state index in [0.717, 1.165) is 18.5 Å². The van der Waals surface area contributed by atoms with Gasteiger partial charge >= 0.3 is 18.1 Å². The van der Waals surface area contributed by atoms with Crippen molar-refractivity contribution in [3.8, 4) is 6.07 Å². The minimum absolute atomic E-state index is 0.0552. The first-order valence-corrected chi connectivity index (χ1v) is 9.31. The predicted octanol–water partition coefficient (Wildman–Crippen LogP) is 2.68. The van der Waals surface area contributed by atoms with Crippen LogP contribution in [0.3, 0.4) is 0 Å². The molecule has 3 rings (SSSR count). The van der Waals surface area contributed by atoms with Crippen molar-refractivity contribution < 1.29 is 27.5 Å². The molecule has 1 aromatic carbocycles. The Kier molecular flexibility index (Phi) is 6.07. The fourth-order valence-electron chi connectivity index (χ4n) is 2.76. The van der Waals surface area contributed by atoms with Crippen molar-refractivity contribution in [2.24, 2.45) is 0 Å². The normalized spacial score (nSPS) is 15.0. The lowest BCUT2D eigenvalue weighted by Crippen LogP contribution is -2.34. The van der Waals surface area contributed by atoms with Gasteiger partial charge in [0.25, 0.3) is 0 Å². The molecule has 0 bridgehead atoms. The number of aromatic amines is 1. The number of alkyl halides is 3. The number of benzene rings is 1. The van der Waals surface area contributed by atoms with Gasteiger partial charge in [-0.3, -0.25) is 0 Å². The third-order valence-electron chi connectivity index (χ3n) is 4.21. The van der Waals surface area contributed by atoms with E-state index in [1.165, 1.54) is 11.8 Å². The average molecular weight is 425 g/mol. The van der Waals surface area contributed by atoms with Gasteiger partial charge in [0, 0.05) is 24.0 Å². The summed E-state index contributed by atoms with van der Waals surface area (Å²) in [5, 5.41) is 18.5. The lowest BCUT2D eigenvalue weighted by molar-refractivity contribution is -0.193. The molecule has 2 heterocycles. The van der Waals surface area contributed by atoms with E-state index < -0.39 is 23.8 Å². The highest BCUT2D eigenvalue weighted by atomic mass is 32.2. The van der Waals surface area contributed by atoms with Crippen LogP contribution in [-0.4, -0.2) is 51.9 Å². The molecular formula is C17H14F3N5O3S. The molecule has 1 saturated heterocycles. The van der Waals surface area contributed by atoms with Crippen molar-refractivity contribution in [3.63, 3.8) is 0 Å². The Labute approximate surface area is 167 Å². The van der Waals surface area contributed by atoms with E-state index in [-0.39, 0.29) is 10.3 Å². The molecule has 1 aliphatic heterocycles. The minimum atomic E-state index is -5.27. The molecule has 0 spiro atoms. The fourth-order valence-corrected chi connectivity index (χ4v) is 3.86. The third kappa shape index (κ3) is 5.05. The molecule has 0 radical (unpaired) electrons. The van der Waals surface area contributed by atoms with Gasteiger partial charge in [0.15, 0.2) is 5.03 Å². The van der Waals surface area contributed by atoms with Crippen LogP contribution < -0.4 is 4.90 Å². The number of hydrogen-bond donors (Lipinski definition) is 1. The number of ether oxygens (including phenoxy) is 1. The van der Waals surface area contributed by atoms with Crippen molar-refractivity contribution in [1.29, 1.82) is 5.26 Å². The second kappa shape index (κ2) is 8.52. The summed E-state index contributed by atoms with van der Waals surface area (Å²) in [5.74, 6) is -4.10. The molecule has 8 nitrogen and oxygen atoms in total. The highest BCUT2D eigenvalue weighted by molar-refractivity contribution is 7.99. The Balaban J connectivity index is 1.57. The van der Waals surface area contributed by atoms with Gasteiger partial charge in [-0.05, 0) is 37.1 Å². The molecule has 1 fully saturated rings. The van der Waals surface area contributed by atoms with E-state index in [1.54, 1.807) is 12.1 Å². The Morgan fingerprint density at radius 1 is 1.21 bits per heavy atom. The van der Waals surface area contributed by atoms with Gasteiger partial charge in [-0.2, -0.15) is 23.6 Å². The molecule has 29 heavy (non-hydrogen) atoms. The van der Waals surface area contributed by atoms with Gasteiger partial charge in [-0.15, -0.1) is 10.2 Å². The molecule has 0 amide bonds. The van der Waals surface area contributed by atoms with Crippen LogP contribution in [0.2, 0.25) is 0 Å². The van der Waals surface area contributed by atoms with Crippen LogP contribution in [0.15, 0.2) is 29.3 Å². The number of nitrogens with one attached hydrogen (secondary N) is 1. The number of aromatic nitrogens is 3. The van der Waals surface area contributed by atoms with E-state index in [4.69, 9.17) is 5.26 Å². The Hall–Kier alpha value is -3.07. The van der Waals surface area contributed by atoms with E-state index in [0.29, 0.717) is 18.7 Å². The summed E-state index contributed by atoms with van der Waals surface area (Å²) in [7, 11) is 0. The zero-order valence-corrected chi connectivity index (χ0v) is 15.6. The number of carbonyl (C=O) groups excluding carboxylic acids is 2. The maximum Gasteiger partial charge on any atom is 0.491 e. The number of esters is 2. The number of nitriles is 1. The second-order valence-electron chi connectivity index (χ2n) is 6.12. The quantitative estimate of drug-likeness (QED) is 0.588. The summed E-state index contributed by atoms with van der Waals surface area (Å²) in [6, 6.07) is 9.29. The molecule has 1 aromatic heterocycles. The molecular weight excluding hydrogens is 411 g/mol. The second-order valence-corrected chi connectivity index (χ2v) is 7.40. The Morgan fingerprint density at radius 3 is 2.45 bits per heavy atom. The standard InChI is InChI=1S/C17H14F3N5O3S/c18-17(19,20)16(27)28-15(26)13-14(23-24-22-13)29-12-5-7-25(8-6-12)11-3-1-10(9-21)2-4-11/h1-4,12H,5-8H2,(H,22,23,24). The lowest BCUT2D eigenvalue weighted by atomic mass is 10.1. The van der Waals surface area contributed by atoms with Gasteiger partial charge in [-0.1, -0.05) is 11.8 Å². The topological polar surface area (TPSA) is 112 Å². The van der Waals surface area contributed by atoms with Gasteiger partial charge in [-0.25, -0.2) is 9.59 Å². The van der Waals surface area contributed by atoms with Crippen molar-refractivity contribution >= 4 is 29.4 Å². The van der Waals surface area contributed by atoms with E-state index in [9.17, 15) is 22.8 Å². The van der Waals surface area contributed by atoms with Gasteiger partial charge < -0.3 is 9.64 Å². The number of rotatable bonds is 4. The summed E-state index contributed by atoms with van der Waals surface area (Å²) < 4.78 is 40.6. The number of hydrogen-bond acceptors (Lipinski definition) is 8. The monoisotopic (exact) mass is 425 g/mol. The summed E-state index contributed by atoms with van der Waals surface area (Å²) in [4.78, 5) is 24.8. The summed E-state index contributed by atoms with van der Waals surface area (Å²) in [6.07, 6.45) is -3.81. The Bertz CT molecular complexity index is 931. The van der Waals surface area contributed by atoms with E-state index in [2.05, 4.69) is 31.1 Å². The van der Waals surface area contributed by atoms with E-state index in [1.807, 2.05) is 12.1 Å². The van der Waals surface area contributed by atoms with Gasteiger partial charge in [0.05, 0.1) is 11.6 Å². The number of piperidine rings is 1. The molecule has 0 atom stereocenters. The number of nitrogens with zero attached hydrogens (tertiary/aromatic N) is 4. The molecule has 1 N–H and O–H groups in total. The summed E-state index contributed by atoms with van der Waals surface area (Å²) in [6.45, 7) is 1.43. The first-order valence-electron chi connectivity index (χ1n) is 8.44. The maximum absolute atomic E-state index is 12.2. The highest BCUT2D eigenvalue weighted by Crippen LogP contribution is 2.32. The van der Waals surface area contributed by atoms with Crippen LogP contribution in [0, 0.1) is 11.3 Å². The zero-order chi connectivity index (χ0) is 21.0. The number of anilines is 1. The van der Waals surface area contributed by atoms with Crippen LogP contribution >= 0.6 is 11.8 Å². The molecule has 12 heteroatoms. The molecule has 0 aliphatic carbocycles. The first kappa shape index (κ1) is 20.7. The number of carbonyl (C=O) groups is 2. The largest absolute Gasteiger partial charge is 0.491 e. The van der Waals surface area contributed by atoms with Crippen molar-refractivity contribution in [2.75, 3.05) is 18.0 Å². The predicted molar refractivity (Wildman–Crippen MR) is 95.1 cm³/mol. The molecule has 0 saturated carbocycles. The summed E-state index contributed by atoms with van der Waals surface area (Å²) >= 11 is 1.20.